The first-order chi connectivity index (χ1) is 10.2. The van der Waals surface area contributed by atoms with Crippen LogP contribution < -0.4 is 5.32 Å². The van der Waals surface area contributed by atoms with E-state index in [0.29, 0.717) is 16.2 Å². The molecule has 2 heterocycles. The van der Waals surface area contributed by atoms with Crippen molar-refractivity contribution in [2.75, 3.05) is 5.32 Å². The lowest BCUT2D eigenvalue weighted by molar-refractivity contribution is 0.102. The molecule has 0 saturated carbocycles. The van der Waals surface area contributed by atoms with Crippen LogP contribution in [0.2, 0.25) is 5.15 Å². The maximum atomic E-state index is 12.4. The van der Waals surface area contributed by atoms with E-state index in [2.05, 4.69) is 20.5 Å². The highest BCUT2D eigenvalue weighted by atomic mass is 35.5. The van der Waals surface area contributed by atoms with Gasteiger partial charge in [-0.2, -0.15) is 0 Å². The van der Waals surface area contributed by atoms with Crippen LogP contribution in [-0.4, -0.2) is 21.1 Å². The van der Waals surface area contributed by atoms with Gasteiger partial charge in [0.15, 0.2) is 0 Å². The van der Waals surface area contributed by atoms with Gasteiger partial charge < -0.3 is 0 Å². The number of nitrogens with zero attached hydrogens (tertiary/aromatic N) is 3. The van der Waals surface area contributed by atoms with E-state index in [4.69, 9.17) is 11.6 Å². The summed E-state index contributed by atoms with van der Waals surface area (Å²) in [6, 6.07) is 8.92. The highest BCUT2D eigenvalue weighted by molar-refractivity contribution is 7.15. The molecule has 1 N–H and O–H groups in total. The van der Waals surface area contributed by atoms with Crippen molar-refractivity contribution < 1.29 is 4.79 Å². The number of para-hydroxylation sites is 1. The third kappa shape index (κ3) is 2.86. The van der Waals surface area contributed by atoms with Crippen LogP contribution in [0, 0.1) is 0 Å². The van der Waals surface area contributed by atoms with Crippen LogP contribution >= 0.6 is 22.9 Å². The number of hydrogen-bond donors (Lipinski definition) is 1. The number of aromatic nitrogens is 3. The minimum absolute atomic E-state index is 0.269. The van der Waals surface area contributed by atoms with E-state index in [1.54, 1.807) is 6.07 Å². The molecule has 7 heteroatoms. The van der Waals surface area contributed by atoms with Gasteiger partial charge in [0.2, 0.25) is 5.13 Å². The Balaban J connectivity index is 1.97. The van der Waals surface area contributed by atoms with Gasteiger partial charge in [0, 0.05) is 5.39 Å². The van der Waals surface area contributed by atoms with Crippen LogP contribution in [0.5, 0.6) is 0 Å². The number of carbonyl (C=O) groups excluding carboxylic acids is 1. The quantitative estimate of drug-likeness (QED) is 0.750. The van der Waals surface area contributed by atoms with E-state index in [1.807, 2.05) is 31.2 Å². The number of fused-ring (bicyclic) bond motifs is 1. The smallest absolute Gasteiger partial charge is 0.258 e. The molecule has 0 bridgehead atoms. The number of carbonyl (C=O) groups is 1. The van der Waals surface area contributed by atoms with E-state index < -0.39 is 0 Å². The number of halogens is 1. The van der Waals surface area contributed by atoms with Crippen LogP contribution in [-0.2, 0) is 6.42 Å². The standard InChI is InChI=1S/C14H11ClN4OS/c1-2-12-18-19-14(21-12)17-13(20)9-7-11(15)16-10-6-4-3-5-8(9)10/h3-7H,2H2,1H3,(H,17,19,20). The van der Waals surface area contributed by atoms with E-state index in [9.17, 15) is 4.79 Å². The Kier molecular flexibility index (Phi) is 3.81. The van der Waals surface area contributed by atoms with Crippen molar-refractivity contribution in [1.29, 1.82) is 0 Å². The van der Waals surface area contributed by atoms with Crippen LogP contribution in [0.4, 0.5) is 5.13 Å². The Morgan fingerprint density at radius 2 is 2.14 bits per heavy atom. The zero-order valence-corrected chi connectivity index (χ0v) is 12.7. The summed E-state index contributed by atoms with van der Waals surface area (Å²) in [7, 11) is 0. The number of aryl methyl sites for hydroxylation is 1. The Morgan fingerprint density at radius 3 is 2.90 bits per heavy atom. The van der Waals surface area contributed by atoms with Crippen molar-refractivity contribution in [2.45, 2.75) is 13.3 Å². The number of rotatable bonds is 3. The molecule has 0 aliphatic heterocycles. The molecule has 21 heavy (non-hydrogen) atoms. The molecule has 0 aliphatic rings. The van der Waals surface area contributed by atoms with Gasteiger partial charge >= 0.3 is 0 Å². The monoisotopic (exact) mass is 318 g/mol. The molecule has 1 amide bonds. The van der Waals surface area contributed by atoms with Crippen molar-refractivity contribution in [2.24, 2.45) is 0 Å². The molecule has 106 valence electrons. The van der Waals surface area contributed by atoms with Crippen molar-refractivity contribution in [3.8, 4) is 0 Å². The topological polar surface area (TPSA) is 67.8 Å². The second-order valence-corrected chi connectivity index (χ2v) is 5.77. The van der Waals surface area contributed by atoms with E-state index in [0.717, 1.165) is 16.8 Å². The number of nitrogens with one attached hydrogen (secondary N) is 1. The number of hydrogen-bond acceptors (Lipinski definition) is 5. The number of pyridine rings is 1. The molecule has 0 fully saturated rings. The molecule has 0 spiro atoms. The van der Waals surface area contributed by atoms with Gasteiger partial charge in [-0.25, -0.2) is 4.98 Å². The summed E-state index contributed by atoms with van der Waals surface area (Å²) in [5, 5.41) is 13.1. The Morgan fingerprint density at radius 1 is 1.33 bits per heavy atom. The first-order valence-corrected chi connectivity index (χ1v) is 7.56. The second-order valence-electron chi connectivity index (χ2n) is 4.32. The van der Waals surface area contributed by atoms with Gasteiger partial charge in [-0.05, 0) is 18.6 Å². The summed E-state index contributed by atoms with van der Waals surface area (Å²) in [5.41, 5.74) is 1.15. The molecule has 0 atom stereocenters. The van der Waals surface area contributed by atoms with Gasteiger partial charge in [0.1, 0.15) is 10.2 Å². The molecule has 0 unspecified atom stereocenters. The van der Waals surface area contributed by atoms with Gasteiger partial charge in [0.25, 0.3) is 5.91 Å². The zero-order valence-electron chi connectivity index (χ0n) is 11.1. The van der Waals surface area contributed by atoms with Gasteiger partial charge in [-0.15, -0.1) is 10.2 Å². The third-order valence-electron chi connectivity index (χ3n) is 2.92. The van der Waals surface area contributed by atoms with Gasteiger partial charge in [-0.1, -0.05) is 48.1 Å². The molecule has 3 rings (SSSR count). The fourth-order valence-electron chi connectivity index (χ4n) is 1.94. The molecule has 0 radical (unpaired) electrons. The van der Waals surface area contributed by atoms with Crippen molar-refractivity contribution >= 4 is 44.9 Å². The largest absolute Gasteiger partial charge is 0.296 e. The summed E-state index contributed by atoms with van der Waals surface area (Å²) >= 11 is 7.34. The maximum absolute atomic E-state index is 12.4. The summed E-state index contributed by atoms with van der Waals surface area (Å²) < 4.78 is 0. The highest BCUT2D eigenvalue weighted by Gasteiger charge is 2.14. The molecule has 2 aromatic heterocycles. The van der Waals surface area contributed by atoms with Crippen LogP contribution in [0.15, 0.2) is 30.3 Å². The summed E-state index contributed by atoms with van der Waals surface area (Å²) in [4.78, 5) is 16.6. The van der Waals surface area contributed by atoms with Crippen LogP contribution in [0.3, 0.4) is 0 Å². The minimum atomic E-state index is -0.269. The second kappa shape index (κ2) is 5.75. The number of anilines is 1. The minimum Gasteiger partial charge on any atom is -0.296 e. The maximum Gasteiger partial charge on any atom is 0.258 e. The fourth-order valence-corrected chi connectivity index (χ4v) is 2.82. The average Bonchev–Trinajstić information content (AvgIpc) is 2.94. The molecule has 0 aliphatic carbocycles. The SMILES string of the molecule is CCc1nnc(NC(=O)c2cc(Cl)nc3ccccc23)s1. The molecular weight excluding hydrogens is 308 g/mol. The Hall–Kier alpha value is -2.05. The van der Waals surface area contributed by atoms with Crippen LogP contribution in [0.1, 0.15) is 22.3 Å². The summed E-state index contributed by atoms with van der Waals surface area (Å²) in [6.07, 6.45) is 0.789. The van der Waals surface area contributed by atoms with Gasteiger partial charge in [0.05, 0.1) is 11.1 Å². The van der Waals surface area contributed by atoms with Crippen LogP contribution in [0.25, 0.3) is 10.9 Å². The molecule has 1 aromatic carbocycles. The normalized spacial score (nSPS) is 10.8. The average molecular weight is 319 g/mol. The predicted octanol–water partition coefficient (Wildman–Crippen LogP) is 3.55. The van der Waals surface area contributed by atoms with Crippen molar-refractivity contribution in [1.82, 2.24) is 15.2 Å². The van der Waals surface area contributed by atoms with E-state index >= 15 is 0 Å². The number of benzene rings is 1. The van der Waals surface area contributed by atoms with E-state index in [-0.39, 0.29) is 11.1 Å². The molecule has 5 nitrogen and oxygen atoms in total. The first-order valence-electron chi connectivity index (χ1n) is 6.36. The summed E-state index contributed by atoms with van der Waals surface area (Å²) in [6.45, 7) is 1.99. The van der Waals surface area contributed by atoms with Gasteiger partial charge in [-0.3, -0.25) is 10.1 Å². The lowest BCUT2D eigenvalue weighted by Gasteiger charge is -2.06. The molecular formula is C14H11ClN4OS. The van der Waals surface area contributed by atoms with Crippen molar-refractivity contribution in [3.63, 3.8) is 0 Å². The first kappa shape index (κ1) is 13.9. The Bertz CT molecular complexity index is 818. The zero-order chi connectivity index (χ0) is 14.8. The third-order valence-corrected chi connectivity index (χ3v) is 4.10. The van der Waals surface area contributed by atoms with E-state index in [1.165, 1.54) is 11.3 Å². The fraction of sp³-hybridized carbons (Fsp3) is 0.143. The molecule has 0 saturated heterocycles. The lowest BCUT2D eigenvalue weighted by atomic mass is 10.1. The highest BCUT2D eigenvalue weighted by Crippen LogP contribution is 2.23. The Labute approximate surface area is 130 Å². The van der Waals surface area contributed by atoms with Crippen molar-refractivity contribution in [3.05, 3.63) is 46.1 Å². The lowest BCUT2D eigenvalue weighted by Crippen LogP contribution is -2.12. The summed E-state index contributed by atoms with van der Waals surface area (Å²) in [5.74, 6) is -0.269. The number of amides is 1. The molecule has 3 aromatic rings. The predicted molar refractivity (Wildman–Crippen MR) is 84.0 cm³/mol.